The standard InChI is InChI=1S/C14H26N2O3/c1-11(2)19-8-7-18-10-14(17)9-15-16-12(3)5-6-13(16)4/h5-6,11,14-15,17H,7-10H2,1-4H3. The summed E-state index contributed by atoms with van der Waals surface area (Å²) in [5.41, 5.74) is 5.42. The van der Waals surface area contributed by atoms with Crippen LogP contribution in [0.2, 0.25) is 0 Å². The Balaban J connectivity index is 2.13. The maximum atomic E-state index is 9.80. The second-order valence-corrected chi connectivity index (χ2v) is 4.96. The van der Waals surface area contributed by atoms with Crippen LogP contribution in [0.4, 0.5) is 0 Å². The number of ether oxygens (including phenoxy) is 2. The topological polar surface area (TPSA) is 55.7 Å². The van der Waals surface area contributed by atoms with Gasteiger partial charge in [0, 0.05) is 11.4 Å². The van der Waals surface area contributed by atoms with Crippen LogP contribution < -0.4 is 5.43 Å². The molecule has 1 unspecified atom stereocenters. The predicted molar refractivity (Wildman–Crippen MR) is 76.0 cm³/mol. The Kier molecular flexibility index (Phi) is 6.91. The van der Waals surface area contributed by atoms with Crippen molar-refractivity contribution in [2.45, 2.75) is 39.9 Å². The number of nitrogens with zero attached hydrogens (tertiary/aromatic N) is 1. The van der Waals surface area contributed by atoms with Crippen LogP contribution >= 0.6 is 0 Å². The molecule has 1 aromatic heterocycles. The smallest absolute Gasteiger partial charge is 0.0961 e. The number of aliphatic hydroxyl groups is 1. The van der Waals surface area contributed by atoms with Crippen molar-refractivity contribution >= 4 is 0 Å². The Hall–Kier alpha value is -1.04. The molecule has 5 nitrogen and oxygen atoms in total. The Bertz CT molecular complexity index is 344. The number of hydrogen-bond acceptors (Lipinski definition) is 4. The van der Waals surface area contributed by atoms with Gasteiger partial charge in [-0.15, -0.1) is 0 Å². The molecule has 0 saturated heterocycles. The van der Waals surface area contributed by atoms with Crippen LogP contribution in [-0.2, 0) is 9.47 Å². The second-order valence-electron chi connectivity index (χ2n) is 4.96. The van der Waals surface area contributed by atoms with E-state index < -0.39 is 6.10 Å². The lowest BCUT2D eigenvalue weighted by molar-refractivity contribution is -0.00782. The largest absolute Gasteiger partial charge is 0.389 e. The number of aryl methyl sites for hydroxylation is 2. The van der Waals surface area contributed by atoms with Crippen molar-refractivity contribution in [3.05, 3.63) is 23.5 Å². The molecule has 0 aliphatic rings. The van der Waals surface area contributed by atoms with Crippen molar-refractivity contribution < 1.29 is 14.6 Å². The van der Waals surface area contributed by atoms with Gasteiger partial charge in [-0.3, -0.25) is 4.68 Å². The third-order valence-corrected chi connectivity index (χ3v) is 2.75. The lowest BCUT2D eigenvalue weighted by Gasteiger charge is -2.17. The second kappa shape index (κ2) is 8.19. The van der Waals surface area contributed by atoms with Crippen LogP contribution in [0.5, 0.6) is 0 Å². The summed E-state index contributed by atoms with van der Waals surface area (Å²) in [4.78, 5) is 0. The summed E-state index contributed by atoms with van der Waals surface area (Å²) >= 11 is 0. The first kappa shape index (κ1) is 16.0. The van der Waals surface area contributed by atoms with Gasteiger partial charge in [0.25, 0.3) is 0 Å². The van der Waals surface area contributed by atoms with Gasteiger partial charge >= 0.3 is 0 Å². The molecule has 1 heterocycles. The number of hydrogen-bond donors (Lipinski definition) is 2. The molecule has 0 radical (unpaired) electrons. The summed E-state index contributed by atoms with van der Waals surface area (Å²) < 4.78 is 12.7. The normalized spacial score (nSPS) is 12.9. The molecule has 0 spiro atoms. The summed E-state index contributed by atoms with van der Waals surface area (Å²) in [6.45, 7) is 9.86. The van der Waals surface area contributed by atoms with E-state index in [1.807, 2.05) is 44.5 Å². The quantitative estimate of drug-likeness (QED) is 0.667. The zero-order valence-electron chi connectivity index (χ0n) is 12.3. The van der Waals surface area contributed by atoms with Gasteiger partial charge < -0.3 is 20.0 Å². The van der Waals surface area contributed by atoms with Crippen molar-refractivity contribution in [1.82, 2.24) is 4.68 Å². The van der Waals surface area contributed by atoms with Gasteiger partial charge in [0.05, 0.1) is 38.6 Å². The molecule has 1 atom stereocenters. The Labute approximate surface area is 115 Å². The third-order valence-electron chi connectivity index (χ3n) is 2.75. The predicted octanol–water partition coefficient (Wildman–Crippen LogP) is 1.45. The van der Waals surface area contributed by atoms with E-state index in [-0.39, 0.29) is 6.10 Å². The number of aromatic nitrogens is 1. The molecule has 0 bridgehead atoms. The molecular weight excluding hydrogens is 244 g/mol. The molecule has 0 aliphatic heterocycles. The van der Waals surface area contributed by atoms with E-state index in [2.05, 4.69) is 5.43 Å². The van der Waals surface area contributed by atoms with E-state index in [9.17, 15) is 5.11 Å². The molecule has 2 N–H and O–H groups in total. The average molecular weight is 270 g/mol. The number of nitrogens with one attached hydrogen (secondary N) is 1. The minimum absolute atomic E-state index is 0.217. The molecular formula is C14H26N2O3. The van der Waals surface area contributed by atoms with Gasteiger partial charge in [0.1, 0.15) is 0 Å². The summed E-state index contributed by atoms with van der Waals surface area (Å²) in [5.74, 6) is 0. The van der Waals surface area contributed by atoms with Crippen molar-refractivity contribution in [2.24, 2.45) is 0 Å². The van der Waals surface area contributed by atoms with Crippen LogP contribution in [0.25, 0.3) is 0 Å². The third kappa shape index (κ3) is 6.09. The molecule has 19 heavy (non-hydrogen) atoms. The van der Waals surface area contributed by atoms with E-state index in [0.717, 1.165) is 11.4 Å². The summed E-state index contributed by atoms with van der Waals surface area (Å²) in [7, 11) is 0. The van der Waals surface area contributed by atoms with Crippen LogP contribution in [0.3, 0.4) is 0 Å². The summed E-state index contributed by atoms with van der Waals surface area (Å²) in [5, 5.41) is 9.80. The first-order valence-corrected chi connectivity index (χ1v) is 6.77. The lowest BCUT2D eigenvalue weighted by atomic mass is 10.4. The molecule has 0 fully saturated rings. The van der Waals surface area contributed by atoms with Gasteiger partial charge in [0.2, 0.25) is 0 Å². The highest BCUT2D eigenvalue weighted by Gasteiger charge is 2.06. The molecule has 0 aromatic carbocycles. The maximum absolute atomic E-state index is 9.80. The molecule has 1 rings (SSSR count). The number of rotatable bonds is 9. The first-order valence-electron chi connectivity index (χ1n) is 6.77. The van der Waals surface area contributed by atoms with Crippen molar-refractivity contribution in [3.8, 4) is 0 Å². The molecule has 0 amide bonds. The fourth-order valence-corrected chi connectivity index (χ4v) is 1.74. The first-order chi connectivity index (χ1) is 9.00. The van der Waals surface area contributed by atoms with E-state index in [0.29, 0.717) is 26.4 Å². The Morgan fingerprint density at radius 1 is 1.21 bits per heavy atom. The highest BCUT2D eigenvalue weighted by atomic mass is 16.5. The SMILES string of the molecule is Cc1ccc(C)n1NCC(O)COCCOC(C)C. The monoisotopic (exact) mass is 270 g/mol. The van der Waals surface area contributed by atoms with Gasteiger partial charge in [-0.25, -0.2) is 0 Å². The lowest BCUT2D eigenvalue weighted by Crippen LogP contribution is -2.31. The zero-order chi connectivity index (χ0) is 14.3. The van der Waals surface area contributed by atoms with E-state index in [1.54, 1.807) is 0 Å². The Morgan fingerprint density at radius 2 is 1.84 bits per heavy atom. The molecule has 0 saturated carbocycles. The minimum atomic E-state index is -0.528. The van der Waals surface area contributed by atoms with Gasteiger partial charge in [0.15, 0.2) is 0 Å². The summed E-state index contributed by atoms with van der Waals surface area (Å²) in [6.07, 6.45) is -0.310. The van der Waals surface area contributed by atoms with Gasteiger partial charge in [-0.2, -0.15) is 0 Å². The van der Waals surface area contributed by atoms with Crippen LogP contribution in [0.1, 0.15) is 25.2 Å². The van der Waals surface area contributed by atoms with Crippen molar-refractivity contribution in [3.63, 3.8) is 0 Å². The zero-order valence-corrected chi connectivity index (χ0v) is 12.3. The summed E-state index contributed by atoms with van der Waals surface area (Å²) in [6, 6.07) is 4.07. The Morgan fingerprint density at radius 3 is 2.42 bits per heavy atom. The van der Waals surface area contributed by atoms with Crippen LogP contribution in [0, 0.1) is 13.8 Å². The molecule has 110 valence electrons. The van der Waals surface area contributed by atoms with Crippen LogP contribution in [-0.4, -0.2) is 48.4 Å². The van der Waals surface area contributed by atoms with E-state index >= 15 is 0 Å². The van der Waals surface area contributed by atoms with E-state index in [4.69, 9.17) is 9.47 Å². The highest BCUT2D eigenvalue weighted by Crippen LogP contribution is 2.03. The number of aliphatic hydroxyl groups excluding tert-OH is 1. The van der Waals surface area contributed by atoms with Gasteiger partial charge in [-0.1, -0.05) is 0 Å². The minimum Gasteiger partial charge on any atom is -0.389 e. The fourth-order valence-electron chi connectivity index (χ4n) is 1.74. The van der Waals surface area contributed by atoms with Crippen molar-refractivity contribution in [2.75, 3.05) is 31.8 Å². The molecule has 1 aromatic rings. The fraction of sp³-hybridized carbons (Fsp3) is 0.714. The van der Waals surface area contributed by atoms with E-state index in [1.165, 1.54) is 0 Å². The van der Waals surface area contributed by atoms with Gasteiger partial charge in [-0.05, 0) is 39.8 Å². The maximum Gasteiger partial charge on any atom is 0.0961 e. The highest BCUT2D eigenvalue weighted by molar-refractivity contribution is 5.15. The van der Waals surface area contributed by atoms with Crippen molar-refractivity contribution in [1.29, 1.82) is 0 Å². The van der Waals surface area contributed by atoms with Crippen LogP contribution in [0.15, 0.2) is 12.1 Å². The molecule has 0 aliphatic carbocycles. The molecule has 5 heteroatoms. The average Bonchev–Trinajstić information content (AvgIpc) is 2.66.